The fraction of sp³-hybridized carbons (Fsp3) is 0.429. The van der Waals surface area contributed by atoms with E-state index in [0.29, 0.717) is 0 Å². The number of likely N-dealkylation sites (tertiary alicyclic amines) is 1. The number of sulfonamides is 1. The molecule has 2 aromatic rings. The van der Waals surface area contributed by atoms with Gasteiger partial charge in [-0.1, -0.05) is 42.8 Å². The van der Waals surface area contributed by atoms with Gasteiger partial charge in [0.25, 0.3) is 10.0 Å². The van der Waals surface area contributed by atoms with Crippen LogP contribution in [0, 0.1) is 0 Å². The minimum absolute atomic E-state index is 0.0469. The quantitative estimate of drug-likeness (QED) is 0.456. The SMILES string of the molecule is O=S(=O)(NNC(CCN1CCCCC1)CSc1ccccc1)c1ccccc1. The van der Waals surface area contributed by atoms with Crippen LogP contribution in [0.1, 0.15) is 25.7 Å². The average molecular weight is 420 g/mol. The van der Waals surface area contributed by atoms with Crippen LogP contribution in [-0.2, 0) is 10.0 Å². The molecule has 5 nitrogen and oxygen atoms in total. The second kappa shape index (κ2) is 11.0. The van der Waals surface area contributed by atoms with E-state index in [4.69, 9.17) is 0 Å². The summed E-state index contributed by atoms with van der Waals surface area (Å²) in [4.78, 5) is 6.54. The van der Waals surface area contributed by atoms with Crippen molar-refractivity contribution in [2.45, 2.75) is 41.5 Å². The Bertz CT molecular complexity index is 795. The molecule has 2 N–H and O–H groups in total. The molecule has 0 radical (unpaired) electrons. The monoisotopic (exact) mass is 419 g/mol. The first kappa shape index (κ1) is 21.3. The Labute approximate surface area is 172 Å². The van der Waals surface area contributed by atoms with Gasteiger partial charge in [0, 0.05) is 16.7 Å². The number of rotatable bonds is 10. The lowest BCUT2D eigenvalue weighted by atomic mass is 10.1. The molecule has 1 aliphatic rings. The number of nitrogens with zero attached hydrogens (tertiary/aromatic N) is 1. The Morgan fingerprint density at radius 2 is 1.57 bits per heavy atom. The third kappa shape index (κ3) is 6.90. The van der Waals surface area contributed by atoms with Crippen LogP contribution in [0.3, 0.4) is 0 Å². The van der Waals surface area contributed by atoms with E-state index in [2.05, 4.69) is 27.3 Å². The van der Waals surface area contributed by atoms with E-state index in [0.717, 1.165) is 31.8 Å². The molecule has 0 aromatic heterocycles. The van der Waals surface area contributed by atoms with Crippen LogP contribution in [0.5, 0.6) is 0 Å². The van der Waals surface area contributed by atoms with Crippen molar-refractivity contribution in [3.63, 3.8) is 0 Å². The fourth-order valence-corrected chi connectivity index (χ4v) is 5.20. The number of hydrogen-bond donors (Lipinski definition) is 2. The van der Waals surface area contributed by atoms with Crippen molar-refractivity contribution in [3.05, 3.63) is 60.7 Å². The maximum absolute atomic E-state index is 12.5. The molecule has 1 aliphatic heterocycles. The normalized spacial score (nSPS) is 16.7. The molecular weight excluding hydrogens is 390 g/mol. The Morgan fingerprint density at radius 1 is 0.929 bits per heavy atom. The van der Waals surface area contributed by atoms with Gasteiger partial charge in [0.15, 0.2) is 0 Å². The average Bonchev–Trinajstić information content (AvgIpc) is 2.75. The van der Waals surface area contributed by atoms with Crippen molar-refractivity contribution in [1.29, 1.82) is 0 Å². The van der Waals surface area contributed by atoms with E-state index in [1.165, 1.54) is 24.2 Å². The summed E-state index contributed by atoms with van der Waals surface area (Å²) < 4.78 is 25.1. The lowest BCUT2D eigenvalue weighted by Crippen LogP contribution is -2.47. The Hall–Kier alpha value is -1.38. The zero-order chi connectivity index (χ0) is 19.7. The minimum Gasteiger partial charge on any atom is -0.303 e. The van der Waals surface area contributed by atoms with Crippen LogP contribution in [0.25, 0.3) is 0 Å². The lowest BCUT2D eigenvalue weighted by Gasteiger charge is -2.28. The molecule has 1 fully saturated rings. The number of hydrazine groups is 1. The highest BCUT2D eigenvalue weighted by Crippen LogP contribution is 2.19. The predicted octanol–water partition coefficient (Wildman–Crippen LogP) is 3.51. The van der Waals surface area contributed by atoms with Gasteiger partial charge in [0.05, 0.1) is 4.90 Å². The molecule has 0 saturated carbocycles. The van der Waals surface area contributed by atoms with E-state index < -0.39 is 10.0 Å². The number of hydrogen-bond acceptors (Lipinski definition) is 5. The highest BCUT2D eigenvalue weighted by atomic mass is 32.2. The van der Waals surface area contributed by atoms with Gasteiger partial charge in [-0.15, -0.1) is 16.6 Å². The molecule has 3 rings (SSSR count). The molecule has 1 atom stereocenters. The predicted molar refractivity (Wildman–Crippen MR) is 116 cm³/mol. The van der Waals surface area contributed by atoms with Crippen LogP contribution in [-0.4, -0.2) is 44.7 Å². The summed E-state index contributed by atoms with van der Waals surface area (Å²) in [5, 5.41) is 0. The maximum Gasteiger partial charge on any atom is 0.253 e. The number of nitrogens with one attached hydrogen (secondary N) is 2. The Balaban J connectivity index is 1.57. The smallest absolute Gasteiger partial charge is 0.253 e. The van der Waals surface area contributed by atoms with Crippen molar-refractivity contribution < 1.29 is 8.42 Å². The van der Waals surface area contributed by atoms with E-state index in [1.54, 1.807) is 36.0 Å². The van der Waals surface area contributed by atoms with Gasteiger partial charge >= 0.3 is 0 Å². The molecule has 0 bridgehead atoms. The van der Waals surface area contributed by atoms with Gasteiger partial charge in [-0.25, -0.2) is 13.8 Å². The topological polar surface area (TPSA) is 61.4 Å². The van der Waals surface area contributed by atoms with Crippen LogP contribution in [0.2, 0.25) is 0 Å². The third-order valence-corrected chi connectivity index (χ3v) is 7.34. The molecule has 0 aliphatic carbocycles. The number of piperidine rings is 1. The zero-order valence-corrected chi connectivity index (χ0v) is 17.7. The lowest BCUT2D eigenvalue weighted by molar-refractivity contribution is 0.218. The first-order valence-electron chi connectivity index (χ1n) is 9.86. The van der Waals surface area contributed by atoms with Crippen LogP contribution < -0.4 is 10.3 Å². The molecule has 1 heterocycles. The maximum atomic E-state index is 12.5. The van der Waals surface area contributed by atoms with E-state index in [1.807, 2.05) is 24.3 Å². The zero-order valence-electron chi connectivity index (χ0n) is 16.1. The van der Waals surface area contributed by atoms with Crippen molar-refractivity contribution >= 4 is 21.8 Å². The van der Waals surface area contributed by atoms with Crippen molar-refractivity contribution in [2.24, 2.45) is 0 Å². The molecule has 7 heteroatoms. The summed E-state index contributed by atoms with van der Waals surface area (Å²) >= 11 is 1.75. The molecule has 28 heavy (non-hydrogen) atoms. The summed E-state index contributed by atoms with van der Waals surface area (Å²) in [6, 6.07) is 18.7. The van der Waals surface area contributed by atoms with Gasteiger partial charge in [-0.05, 0) is 63.2 Å². The number of thioether (sulfide) groups is 1. The van der Waals surface area contributed by atoms with E-state index in [9.17, 15) is 8.42 Å². The Kier molecular flexibility index (Phi) is 8.36. The standard InChI is InChI=1S/C21H29N3O2S2/c25-28(26,21-12-6-2-7-13-21)23-22-19(14-17-24-15-8-3-9-16-24)18-27-20-10-4-1-5-11-20/h1-2,4-7,10-13,19,22-23H,3,8-9,14-18H2. The molecular formula is C21H29N3O2S2. The first-order chi connectivity index (χ1) is 13.6. The summed E-state index contributed by atoms with van der Waals surface area (Å²) in [7, 11) is -3.57. The first-order valence-corrected chi connectivity index (χ1v) is 12.3. The summed E-state index contributed by atoms with van der Waals surface area (Å²) in [5.74, 6) is 0.801. The fourth-order valence-electron chi connectivity index (χ4n) is 3.25. The van der Waals surface area contributed by atoms with Gasteiger partial charge in [0.2, 0.25) is 0 Å². The van der Waals surface area contributed by atoms with Gasteiger partial charge in [0.1, 0.15) is 0 Å². The van der Waals surface area contributed by atoms with Crippen LogP contribution in [0.4, 0.5) is 0 Å². The van der Waals surface area contributed by atoms with Gasteiger partial charge in [-0.2, -0.15) is 0 Å². The Morgan fingerprint density at radius 3 is 2.25 bits per heavy atom. The molecule has 152 valence electrons. The molecule has 0 amide bonds. The molecule has 2 aromatic carbocycles. The third-order valence-electron chi connectivity index (χ3n) is 4.89. The summed E-state index contributed by atoms with van der Waals surface area (Å²) in [6.07, 6.45) is 4.74. The summed E-state index contributed by atoms with van der Waals surface area (Å²) in [5.41, 5.74) is 3.08. The summed E-state index contributed by atoms with van der Waals surface area (Å²) in [6.45, 7) is 3.28. The van der Waals surface area contributed by atoms with Crippen molar-refractivity contribution in [3.8, 4) is 0 Å². The van der Waals surface area contributed by atoms with Gasteiger partial charge in [-0.3, -0.25) is 0 Å². The van der Waals surface area contributed by atoms with Crippen molar-refractivity contribution in [2.75, 3.05) is 25.4 Å². The van der Waals surface area contributed by atoms with E-state index >= 15 is 0 Å². The highest BCUT2D eigenvalue weighted by Gasteiger charge is 2.18. The van der Waals surface area contributed by atoms with Crippen LogP contribution >= 0.6 is 11.8 Å². The van der Waals surface area contributed by atoms with Crippen LogP contribution in [0.15, 0.2) is 70.5 Å². The van der Waals surface area contributed by atoms with E-state index in [-0.39, 0.29) is 10.9 Å². The largest absolute Gasteiger partial charge is 0.303 e. The molecule has 1 unspecified atom stereocenters. The second-order valence-corrected chi connectivity index (χ2v) is 9.85. The van der Waals surface area contributed by atoms with Crippen molar-refractivity contribution in [1.82, 2.24) is 15.2 Å². The molecule has 0 spiro atoms. The minimum atomic E-state index is -3.57. The highest BCUT2D eigenvalue weighted by molar-refractivity contribution is 7.99. The second-order valence-electron chi connectivity index (χ2n) is 7.07. The van der Waals surface area contributed by atoms with Gasteiger partial charge < -0.3 is 4.90 Å². The number of benzene rings is 2. The molecule has 1 saturated heterocycles.